The number of amides is 2. The molecule has 106 valence electrons. The van der Waals surface area contributed by atoms with Crippen LogP contribution in [0.1, 0.15) is 37.8 Å². The number of rotatable bonds is 2. The summed E-state index contributed by atoms with van der Waals surface area (Å²) in [5.41, 5.74) is 0.432. The number of nitrogens with zero attached hydrogens (tertiary/aromatic N) is 1. The number of carbonyl (C=O) groups excluding carboxylic acids is 1. The van der Waals surface area contributed by atoms with Crippen LogP contribution >= 0.6 is 0 Å². The van der Waals surface area contributed by atoms with Crippen LogP contribution in [0.25, 0.3) is 0 Å². The average Bonchev–Trinajstić information content (AvgIpc) is 3.21. The zero-order valence-corrected chi connectivity index (χ0v) is 11.7. The molecule has 4 rings (SSSR count). The normalized spacial score (nSPS) is 31.2. The monoisotopic (exact) mass is 274 g/mol. The van der Waals surface area contributed by atoms with Gasteiger partial charge in [-0.15, -0.1) is 0 Å². The lowest BCUT2D eigenvalue weighted by molar-refractivity contribution is -0.0890. The van der Waals surface area contributed by atoms with E-state index >= 15 is 0 Å². The summed E-state index contributed by atoms with van der Waals surface area (Å²) < 4.78 is 11.6. The largest absolute Gasteiger partial charge is 0.493 e. The molecule has 2 bridgehead atoms. The minimum atomic E-state index is -0.574. The van der Waals surface area contributed by atoms with E-state index in [1.165, 1.54) is 0 Å². The van der Waals surface area contributed by atoms with Crippen molar-refractivity contribution in [2.45, 2.75) is 44.0 Å². The van der Waals surface area contributed by atoms with Crippen LogP contribution in [0, 0.1) is 0 Å². The summed E-state index contributed by atoms with van der Waals surface area (Å²) in [5.74, 6) is 1.49. The highest BCUT2D eigenvalue weighted by molar-refractivity contribution is 5.78. The minimum absolute atomic E-state index is 0.00125. The van der Waals surface area contributed by atoms with Gasteiger partial charge in [-0.05, 0) is 25.8 Å². The predicted molar refractivity (Wildman–Crippen MR) is 72.8 cm³/mol. The minimum Gasteiger partial charge on any atom is -0.493 e. The van der Waals surface area contributed by atoms with Gasteiger partial charge in [-0.3, -0.25) is 4.90 Å². The molecule has 5 nitrogen and oxygen atoms in total. The summed E-state index contributed by atoms with van der Waals surface area (Å²) in [6.07, 6.45) is 2.90. The van der Waals surface area contributed by atoms with Crippen LogP contribution in [-0.2, 0) is 0 Å². The second-order valence-corrected chi connectivity index (χ2v) is 5.96. The van der Waals surface area contributed by atoms with Gasteiger partial charge in [0.25, 0.3) is 0 Å². The first-order chi connectivity index (χ1) is 9.62. The van der Waals surface area contributed by atoms with E-state index in [1.54, 1.807) is 7.11 Å². The molecule has 20 heavy (non-hydrogen) atoms. The Morgan fingerprint density at radius 1 is 1.45 bits per heavy atom. The van der Waals surface area contributed by atoms with Crippen molar-refractivity contribution in [2.75, 3.05) is 7.11 Å². The highest BCUT2D eigenvalue weighted by atomic mass is 16.5. The molecule has 1 aromatic carbocycles. The van der Waals surface area contributed by atoms with E-state index in [1.807, 2.05) is 30.0 Å². The van der Waals surface area contributed by atoms with Crippen LogP contribution in [0.4, 0.5) is 4.79 Å². The van der Waals surface area contributed by atoms with E-state index in [0.29, 0.717) is 6.04 Å². The van der Waals surface area contributed by atoms with Gasteiger partial charge >= 0.3 is 6.03 Å². The van der Waals surface area contributed by atoms with E-state index in [0.717, 1.165) is 36.3 Å². The molecule has 5 heteroatoms. The Morgan fingerprint density at radius 3 is 2.95 bits per heavy atom. The number of para-hydroxylation sites is 1. The second kappa shape index (κ2) is 3.81. The smallest absolute Gasteiger partial charge is 0.321 e. The van der Waals surface area contributed by atoms with Crippen LogP contribution in [0.2, 0.25) is 0 Å². The molecule has 1 N–H and O–H groups in total. The highest BCUT2D eigenvalue weighted by Gasteiger charge is 2.54. The number of fused-ring (bicyclic) bond motifs is 4. The quantitative estimate of drug-likeness (QED) is 0.901. The molecule has 2 unspecified atom stereocenters. The van der Waals surface area contributed by atoms with Crippen molar-refractivity contribution in [3.05, 3.63) is 23.8 Å². The number of nitrogens with one attached hydrogen (secondary N) is 1. The lowest BCUT2D eigenvalue weighted by Gasteiger charge is -2.51. The molecular weight excluding hydrogens is 256 g/mol. The molecule has 2 atom stereocenters. The first-order valence-corrected chi connectivity index (χ1v) is 7.08. The molecule has 0 aromatic heterocycles. The first kappa shape index (κ1) is 11.9. The first-order valence-electron chi connectivity index (χ1n) is 7.08. The standard InChI is InChI=1S/C15H18N2O3/c1-15-8-11(16-14(18)17(15)9-6-7-9)10-4-3-5-12(19-2)13(10)20-15/h3-5,9,11H,6-8H2,1-2H3,(H,16,18). The molecule has 2 fully saturated rings. The maximum atomic E-state index is 12.4. The van der Waals surface area contributed by atoms with Crippen LogP contribution in [-0.4, -0.2) is 29.8 Å². The zero-order valence-electron chi connectivity index (χ0n) is 11.7. The number of hydrogen-bond acceptors (Lipinski definition) is 3. The molecule has 1 aliphatic carbocycles. The second-order valence-electron chi connectivity index (χ2n) is 5.96. The van der Waals surface area contributed by atoms with Crippen molar-refractivity contribution in [2.24, 2.45) is 0 Å². The molecule has 0 radical (unpaired) electrons. The summed E-state index contributed by atoms with van der Waals surface area (Å²) in [6.45, 7) is 2.01. The van der Waals surface area contributed by atoms with Crippen molar-refractivity contribution in [1.29, 1.82) is 0 Å². The Kier molecular flexibility index (Phi) is 2.26. The van der Waals surface area contributed by atoms with Gasteiger partial charge in [-0.2, -0.15) is 0 Å². The number of carbonyl (C=O) groups is 1. The number of hydrogen-bond donors (Lipinski definition) is 1. The Bertz CT molecular complexity index is 584. The predicted octanol–water partition coefficient (Wildman–Crippen LogP) is 2.42. The summed E-state index contributed by atoms with van der Waals surface area (Å²) in [4.78, 5) is 14.2. The fourth-order valence-electron chi connectivity index (χ4n) is 3.42. The molecule has 1 aromatic rings. The van der Waals surface area contributed by atoms with Gasteiger partial charge in [0.2, 0.25) is 0 Å². The number of methoxy groups -OCH3 is 1. The lowest BCUT2D eigenvalue weighted by Crippen LogP contribution is -2.65. The Hall–Kier alpha value is -1.91. The van der Waals surface area contributed by atoms with Gasteiger partial charge in [0.15, 0.2) is 17.2 Å². The van der Waals surface area contributed by atoms with Crippen LogP contribution in [0.3, 0.4) is 0 Å². The summed E-state index contributed by atoms with van der Waals surface area (Å²) in [5, 5.41) is 3.10. The van der Waals surface area contributed by atoms with E-state index in [9.17, 15) is 4.79 Å². The Morgan fingerprint density at radius 2 is 2.25 bits per heavy atom. The van der Waals surface area contributed by atoms with Gasteiger partial charge in [0, 0.05) is 18.0 Å². The van der Waals surface area contributed by atoms with Crippen molar-refractivity contribution >= 4 is 6.03 Å². The highest BCUT2D eigenvalue weighted by Crippen LogP contribution is 2.50. The maximum Gasteiger partial charge on any atom is 0.321 e. The molecule has 1 saturated carbocycles. The molecule has 2 heterocycles. The zero-order chi connectivity index (χ0) is 13.9. The average molecular weight is 274 g/mol. The number of urea groups is 1. The van der Waals surface area contributed by atoms with Gasteiger partial charge in [0.1, 0.15) is 0 Å². The Balaban J connectivity index is 1.82. The Labute approximate surface area is 117 Å². The lowest BCUT2D eigenvalue weighted by atomic mass is 9.90. The van der Waals surface area contributed by atoms with Crippen molar-refractivity contribution in [3.8, 4) is 11.5 Å². The van der Waals surface area contributed by atoms with Crippen LogP contribution in [0.15, 0.2) is 18.2 Å². The maximum absolute atomic E-state index is 12.4. The van der Waals surface area contributed by atoms with Crippen molar-refractivity contribution in [3.63, 3.8) is 0 Å². The number of benzene rings is 1. The van der Waals surface area contributed by atoms with Gasteiger partial charge in [0.05, 0.1) is 13.2 Å². The third-order valence-electron chi connectivity index (χ3n) is 4.45. The summed E-state index contributed by atoms with van der Waals surface area (Å²) in [7, 11) is 1.64. The van der Waals surface area contributed by atoms with Crippen LogP contribution in [0.5, 0.6) is 11.5 Å². The van der Waals surface area contributed by atoms with Crippen molar-refractivity contribution < 1.29 is 14.3 Å². The molecule has 2 aliphatic heterocycles. The van der Waals surface area contributed by atoms with E-state index < -0.39 is 5.72 Å². The SMILES string of the molecule is COc1cccc2c1OC1(C)CC2NC(=O)N1C1CC1. The topological polar surface area (TPSA) is 50.8 Å². The van der Waals surface area contributed by atoms with E-state index in [-0.39, 0.29) is 12.1 Å². The molecule has 3 aliphatic rings. The third kappa shape index (κ3) is 1.52. The van der Waals surface area contributed by atoms with Gasteiger partial charge in [-0.1, -0.05) is 12.1 Å². The molecule has 2 amide bonds. The molecular formula is C15H18N2O3. The van der Waals surface area contributed by atoms with Gasteiger partial charge < -0.3 is 14.8 Å². The summed E-state index contributed by atoms with van der Waals surface area (Å²) >= 11 is 0. The third-order valence-corrected chi connectivity index (χ3v) is 4.45. The van der Waals surface area contributed by atoms with Crippen molar-refractivity contribution in [1.82, 2.24) is 10.2 Å². The van der Waals surface area contributed by atoms with E-state index in [2.05, 4.69) is 5.32 Å². The number of ether oxygens (including phenoxy) is 2. The fourth-order valence-corrected chi connectivity index (χ4v) is 3.42. The van der Waals surface area contributed by atoms with Crippen LogP contribution < -0.4 is 14.8 Å². The summed E-state index contributed by atoms with van der Waals surface area (Å²) in [6, 6.07) is 6.13. The van der Waals surface area contributed by atoms with Gasteiger partial charge in [-0.25, -0.2) is 4.79 Å². The molecule has 0 spiro atoms. The molecule has 1 saturated heterocycles. The fraction of sp³-hybridized carbons (Fsp3) is 0.533. The van der Waals surface area contributed by atoms with E-state index in [4.69, 9.17) is 9.47 Å².